The number of thioether (sulfide) groups is 1. The molecule has 0 N–H and O–H groups in total. The summed E-state index contributed by atoms with van der Waals surface area (Å²) in [4.78, 5) is 5.49. The molecule has 1 aromatic carbocycles. The van der Waals surface area contributed by atoms with Gasteiger partial charge in [0.1, 0.15) is 5.82 Å². The first kappa shape index (κ1) is 16.3. The zero-order valence-corrected chi connectivity index (χ0v) is 13.5. The molecule has 0 aromatic heterocycles. The zero-order valence-electron chi connectivity index (χ0n) is 12.7. The van der Waals surface area contributed by atoms with E-state index in [1.54, 1.807) is 17.8 Å². The molecular formula is C16H21FN2OS. The van der Waals surface area contributed by atoms with Gasteiger partial charge in [-0.05, 0) is 27.1 Å². The fourth-order valence-corrected chi connectivity index (χ4v) is 4.03. The van der Waals surface area contributed by atoms with Gasteiger partial charge in [-0.2, -0.15) is 0 Å². The number of hydrogen-bond acceptors (Lipinski definition) is 3. The summed E-state index contributed by atoms with van der Waals surface area (Å²) in [6, 6.07) is 6.95. The minimum absolute atomic E-state index is 0.149. The summed E-state index contributed by atoms with van der Waals surface area (Å²) in [6.07, 6.45) is 0. The van der Waals surface area contributed by atoms with E-state index in [1.807, 2.05) is 26.2 Å². The number of rotatable bonds is 5. The van der Waals surface area contributed by atoms with Gasteiger partial charge in [0.2, 0.25) is 0 Å². The third kappa shape index (κ3) is 3.08. The number of nitrogens with zero attached hydrogens (tertiary/aromatic N) is 2. The first-order valence-corrected chi connectivity index (χ1v) is 8.01. The van der Waals surface area contributed by atoms with E-state index < -0.39 is 5.54 Å². The van der Waals surface area contributed by atoms with Gasteiger partial charge in [-0.1, -0.05) is 30.0 Å². The summed E-state index contributed by atoms with van der Waals surface area (Å²) in [5.41, 5.74) is 0.237. The highest BCUT2D eigenvalue weighted by atomic mass is 32.2. The van der Waals surface area contributed by atoms with Crippen LogP contribution in [0.1, 0.15) is 12.5 Å². The predicted octanol–water partition coefficient (Wildman–Crippen LogP) is 3.23. The Labute approximate surface area is 130 Å². The molecule has 0 aliphatic carbocycles. The highest BCUT2D eigenvalue weighted by Crippen LogP contribution is 2.43. The molecule has 1 aromatic rings. The molecule has 1 saturated heterocycles. The molecule has 1 heterocycles. The minimum atomic E-state index is -0.457. The van der Waals surface area contributed by atoms with E-state index in [1.165, 1.54) is 6.07 Å². The molecule has 3 atom stereocenters. The molecule has 1 aliphatic heterocycles. The van der Waals surface area contributed by atoms with Crippen LogP contribution in [-0.4, -0.2) is 43.3 Å². The summed E-state index contributed by atoms with van der Waals surface area (Å²) in [7, 11) is 3.95. The summed E-state index contributed by atoms with van der Waals surface area (Å²) in [6.45, 7) is 10.3. The summed E-state index contributed by atoms with van der Waals surface area (Å²) in [5, 5.41) is 0.214. The normalized spacial score (nSPS) is 24.8. The van der Waals surface area contributed by atoms with E-state index in [-0.39, 0.29) is 17.0 Å². The van der Waals surface area contributed by atoms with Crippen molar-refractivity contribution in [3.63, 3.8) is 0 Å². The van der Waals surface area contributed by atoms with Gasteiger partial charge < -0.3 is 9.58 Å². The molecule has 5 heteroatoms. The van der Waals surface area contributed by atoms with Crippen molar-refractivity contribution in [3.8, 4) is 0 Å². The fraction of sp³-hybridized carbons (Fsp3) is 0.562. The van der Waals surface area contributed by atoms with Crippen LogP contribution in [0.5, 0.6) is 0 Å². The average molecular weight is 308 g/mol. The Bertz CT molecular complexity index is 531. The zero-order chi connectivity index (χ0) is 15.5. The van der Waals surface area contributed by atoms with Gasteiger partial charge in [0.05, 0.1) is 18.8 Å². The van der Waals surface area contributed by atoms with E-state index in [0.29, 0.717) is 24.7 Å². The molecule has 114 valence electrons. The smallest absolute Gasteiger partial charge is 0.260 e. The maximum Gasteiger partial charge on any atom is 0.260 e. The number of benzene rings is 1. The average Bonchev–Trinajstić information content (AvgIpc) is 2.93. The van der Waals surface area contributed by atoms with Crippen molar-refractivity contribution in [2.75, 3.05) is 33.2 Å². The van der Waals surface area contributed by atoms with Gasteiger partial charge in [-0.3, -0.25) is 4.90 Å². The SMILES string of the molecule is [C-]#[N+]CS[C@H]1COC[C@@H]1[C@@](C)(c1ccccc1F)N(C)C. The van der Waals surface area contributed by atoms with Crippen LogP contribution in [0.2, 0.25) is 0 Å². The molecule has 0 bridgehead atoms. The number of halogens is 1. The van der Waals surface area contributed by atoms with Crippen LogP contribution in [-0.2, 0) is 10.3 Å². The number of ether oxygens (including phenoxy) is 1. The molecule has 1 aliphatic rings. The lowest BCUT2D eigenvalue weighted by atomic mass is 9.77. The van der Waals surface area contributed by atoms with E-state index in [2.05, 4.69) is 16.7 Å². The fourth-order valence-electron chi connectivity index (χ4n) is 3.00. The van der Waals surface area contributed by atoms with Crippen LogP contribution in [0.4, 0.5) is 4.39 Å². The lowest BCUT2D eigenvalue weighted by Gasteiger charge is -2.43. The molecule has 0 radical (unpaired) electrons. The Hall–Kier alpha value is -1.09. The monoisotopic (exact) mass is 308 g/mol. The Morgan fingerprint density at radius 3 is 2.76 bits per heavy atom. The van der Waals surface area contributed by atoms with Gasteiger partial charge in [-0.15, -0.1) is 0 Å². The van der Waals surface area contributed by atoms with Crippen molar-refractivity contribution in [2.24, 2.45) is 5.92 Å². The lowest BCUT2D eigenvalue weighted by Crippen LogP contribution is -2.49. The molecule has 0 unspecified atom stereocenters. The standard InChI is InChI=1S/C16H21FN2OS/c1-16(19(3)4,12-7-5-6-8-14(12)17)13-9-20-10-15(13)21-11-18-2/h5-8,13,15H,9-11H2,1,3-4H3/t13-,15-,16+/m0/s1. The first-order valence-electron chi connectivity index (χ1n) is 6.96. The second kappa shape index (κ2) is 6.78. The van der Waals surface area contributed by atoms with Crippen LogP contribution in [0.25, 0.3) is 4.85 Å². The van der Waals surface area contributed by atoms with Gasteiger partial charge >= 0.3 is 0 Å². The highest BCUT2D eigenvalue weighted by molar-refractivity contribution is 8.00. The number of hydrogen-bond donors (Lipinski definition) is 0. The van der Waals surface area contributed by atoms with Gasteiger partial charge in [0.15, 0.2) is 0 Å². The van der Waals surface area contributed by atoms with E-state index in [4.69, 9.17) is 11.3 Å². The molecule has 2 rings (SSSR count). The molecule has 21 heavy (non-hydrogen) atoms. The van der Waals surface area contributed by atoms with Crippen molar-refractivity contribution >= 4 is 11.8 Å². The topological polar surface area (TPSA) is 16.8 Å². The molecule has 0 spiro atoms. The van der Waals surface area contributed by atoms with Crippen LogP contribution in [0.3, 0.4) is 0 Å². The lowest BCUT2D eigenvalue weighted by molar-refractivity contribution is 0.0762. The van der Waals surface area contributed by atoms with Gasteiger partial charge in [-0.25, -0.2) is 11.0 Å². The van der Waals surface area contributed by atoms with Crippen molar-refractivity contribution < 1.29 is 9.13 Å². The second-order valence-electron chi connectivity index (χ2n) is 5.66. The molecule has 3 nitrogen and oxygen atoms in total. The second-order valence-corrected chi connectivity index (χ2v) is 6.86. The molecular weight excluding hydrogens is 287 g/mol. The summed E-state index contributed by atoms with van der Waals surface area (Å²) < 4.78 is 20.0. The van der Waals surface area contributed by atoms with Crippen LogP contribution in [0.15, 0.2) is 24.3 Å². The first-order chi connectivity index (χ1) is 10.0. The Morgan fingerprint density at radius 1 is 1.43 bits per heavy atom. The largest absolute Gasteiger partial charge is 0.380 e. The molecule has 0 amide bonds. The quantitative estimate of drug-likeness (QED) is 0.777. The van der Waals surface area contributed by atoms with Gasteiger partial charge in [0, 0.05) is 16.7 Å². The van der Waals surface area contributed by atoms with Crippen molar-refractivity contribution in [3.05, 3.63) is 47.1 Å². The van der Waals surface area contributed by atoms with Crippen LogP contribution >= 0.6 is 11.8 Å². The third-order valence-electron chi connectivity index (χ3n) is 4.45. The van der Waals surface area contributed by atoms with Gasteiger partial charge in [0.25, 0.3) is 5.88 Å². The van der Waals surface area contributed by atoms with E-state index >= 15 is 0 Å². The third-order valence-corrected chi connectivity index (χ3v) is 5.62. The van der Waals surface area contributed by atoms with Crippen molar-refractivity contribution in [1.29, 1.82) is 0 Å². The molecule has 1 fully saturated rings. The Balaban J connectivity index is 2.38. The van der Waals surface area contributed by atoms with Crippen LogP contribution < -0.4 is 0 Å². The summed E-state index contributed by atoms with van der Waals surface area (Å²) >= 11 is 1.61. The molecule has 0 saturated carbocycles. The summed E-state index contributed by atoms with van der Waals surface area (Å²) in [5.74, 6) is 0.386. The minimum Gasteiger partial charge on any atom is -0.380 e. The van der Waals surface area contributed by atoms with E-state index in [9.17, 15) is 4.39 Å². The van der Waals surface area contributed by atoms with Crippen molar-refractivity contribution in [2.45, 2.75) is 17.7 Å². The highest BCUT2D eigenvalue weighted by Gasteiger charge is 2.47. The Kier molecular flexibility index (Phi) is 5.26. The predicted molar refractivity (Wildman–Crippen MR) is 84.6 cm³/mol. The maximum absolute atomic E-state index is 14.4. The van der Waals surface area contributed by atoms with Crippen molar-refractivity contribution in [1.82, 2.24) is 4.90 Å². The maximum atomic E-state index is 14.4. The van der Waals surface area contributed by atoms with E-state index in [0.717, 1.165) is 0 Å². The Morgan fingerprint density at radius 2 is 2.14 bits per heavy atom. The van der Waals surface area contributed by atoms with Crippen LogP contribution in [0, 0.1) is 18.3 Å².